The van der Waals surface area contributed by atoms with E-state index in [0.717, 1.165) is 5.69 Å². The van der Waals surface area contributed by atoms with E-state index in [1.807, 2.05) is 0 Å². The monoisotopic (exact) mass is 288 g/mol. The number of fused-ring (bicyclic) bond motifs is 1. The fraction of sp³-hybridized carbons (Fsp3) is 0.133. The smallest absolute Gasteiger partial charge is 0.262 e. The van der Waals surface area contributed by atoms with Gasteiger partial charge in [0.15, 0.2) is 18.2 Å². The molecule has 0 bridgehead atoms. The molecule has 0 unspecified atom stereocenters. The number of anilines is 2. The molecule has 0 aliphatic carbocycles. The summed E-state index contributed by atoms with van der Waals surface area (Å²) in [4.78, 5) is 11.3. The van der Waals surface area contributed by atoms with Crippen LogP contribution in [-0.2, 0) is 11.3 Å². The Bertz CT molecular complexity index is 703. The van der Waals surface area contributed by atoms with Crippen molar-refractivity contribution in [1.82, 2.24) is 0 Å². The number of amides is 1. The van der Waals surface area contributed by atoms with E-state index >= 15 is 0 Å². The van der Waals surface area contributed by atoms with Crippen molar-refractivity contribution in [3.8, 4) is 11.5 Å². The zero-order valence-electron chi connectivity index (χ0n) is 11.0. The Kier molecular flexibility index (Phi) is 3.35. The van der Waals surface area contributed by atoms with Crippen molar-refractivity contribution in [3.63, 3.8) is 0 Å². The zero-order chi connectivity index (χ0) is 14.8. The molecule has 108 valence electrons. The van der Waals surface area contributed by atoms with Crippen LogP contribution in [0.5, 0.6) is 11.5 Å². The number of rotatable bonds is 3. The van der Waals surface area contributed by atoms with Crippen molar-refractivity contribution in [2.24, 2.45) is 0 Å². The minimum Gasteiger partial charge on any atom is -0.505 e. The minimum absolute atomic E-state index is 0.0109. The molecule has 1 heterocycles. The molecule has 6 heteroatoms. The van der Waals surface area contributed by atoms with E-state index in [-0.39, 0.29) is 24.8 Å². The van der Waals surface area contributed by atoms with E-state index in [9.17, 15) is 14.3 Å². The summed E-state index contributed by atoms with van der Waals surface area (Å²) in [7, 11) is 0. The van der Waals surface area contributed by atoms with E-state index in [1.165, 1.54) is 12.1 Å². The summed E-state index contributed by atoms with van der Waals surface area (Å²) >= 11 is 0. The van der Waals surface area contributed by atoms with Gasteiger partial charge >= 0.3 is 0 Å². The van der Waals surface area contributed by atoms with Gasteiger partial charge in [0.1, 0.15) is 5.75 Å². The highest BCUT2D eigenvalue weighted by molar-refractivity contribution is 5.96. The molecule has 5 nitrogen and oxygen atoms in total. The normalized spacial score (nSPS) is 13.1. The second kappa shape index (κ2) is 5.32. The lowest BCUT2D eigenvalue weighted by Crippen LogP contribution is -2.25. The Morgan fingerprint density at radius 2 is 2.19 bits per heavy atom. The summed E-state index contributed by atoms with van der Waals surface area (Å²) in [6.45, 7) is 0.272. The van der Waals surface area contributed by atoms with Crippen molar-refractivity contribution in [1.29, 1.82) is 0 Å². The molecule has 0 spiro atoms. The summed E-state index contributed by atoms with van der Waals surface area (Å²) < 4.78 is 18.5. The van der Waals surface area contributed by atoms with Gasteiger partial charge in [-0.3, -0.25) is 4.79 Å². The first-order valence-electron chi connectivity index (χ1n) is 6.40. The maximum Gasteiger partial charge on any atom is 0.262 e. The van der Waals surface area contributed by atoms with Gasteiger partial charge in [-0.2, -0.15) is 0 Å². The van der Waals surface area contributed by atoms with Crippen LogP contribution in [0.3, 0.4) is 0 Å². The molecule has 3 rings (SSSR count). The zero-order valence-corrected chi connectivity index (χ0v) is 11.0. The molecule has 1 aliphatic heterocycles. The summed E-state index contributed by atoms with van der Waals surface area (Å²) in [5.74, 6) is -0.615. The predicted molar refractivity (Wildman–Crippen MR) is 76.0 cm³/mol. The molecule has 1 aliphatic rings. The first-order valence-corrected chi connectivity index (χ1v) is 6.40. The first kappa shape index (κ1) is 13.2. The number of para-hydroxylation sites is 1. The first-order chi connectivity index (χ1) is 10.1. The molecule has 0 saturated heterocycles. The van der Waals surface area contributed by atoms with E-state index < -0.39 is 5.82 Å². The Labute approximate surface area is 120 Å². The van der Waals surface area contributed by atoms with Crippen LogP contribution in [-0.4, -0.2) is 17.6 Å². The minimum atomic E-state index is -0.652. The number of benzene rings is 2. The quantitative estimate of drug-likeness (QED) is 0.811. The predicted octanol–water partition coefficient (Wildman–Crippen LogP) is 2.47. The van der Waals surface area contributed by atoms with Crippen molar-refractivity contribution in [2.45, 2.75) is 6.54 Å². The number of ether oxygens (including phenoxy) is 1. The van der Waals surface area contributed by atoms with E-state index in [0.29, 0.717) is 17.0 Å². The SMILES string of the molecule is O=C1COc2ccc(NCc3cccc(F)c3O)cc2N1. The highest BCUT2D eigenvalue weighted by Crippen LogP contribution is 2.31. The molecule has 0 saturated carbocycles. The lowest BCUT2D eigenvalue weighted by atomic mass is 10.2. The molecule has 0 fully saturated rings. The number of nitrogens with one attached hydrogen (secondary N) is 2. The number of phenolic OH excluding ortho intramolecular Hbond substituents is 1. The van der Waals surface area contributed by atoms with Gasteiger partial charge in [0, 0.05) is 17.8 Å². The number of hydrogen-bond acceptors (Lipinski definition) is 4. The highest BCUT2D eigenvalue weighted by Gasteiger charge is 2.16. The van der Waals surface area contributed by atoms with Gasteiger partial charge in [0.25, 0.3) is 5.91 Å². The fourth-order valence-electron chi connectivity index (χ4n) is 2.09. The fourth-order valence-corrected chi connectivity index (χ4v) is 2.09. The average Bonchev–Trinajstić information content (AvgIpc) is 2.48. The average molecular weight is 288 g/mol. The molecule has 1 amide bonds. The summed E-state index contributed by atoms with van der Waals surface area (Å²) in [5, 5.41) is 15.4. The van der Waals surface area contributed by atoms with Crippen molar-refractivity contribution in [2.75, 3.05) is 17.2 Å². The number of aromatic hydroxyl groups is 1. The third kappa shape index (κ3) is 2.74. The van der Waals surface area contributed by atoms with Gasteiger partial charge in [0.2, 0.25) is 0 Å². The van der Waals surface area contributed by atoms with Crippen LogP contribution in [0.2, 0.25) is 0 Å². The second-order valence-corrected chi connectivity index (χ2v) is 4.65. The number of halogens is 1. The maximum absolute atomic E-state index is 13.2. The summed E-state index contributed by atoms with van der Waals surface area (Å²) in [5.41, 5.74) is 1.76. The second-order valence-electron chi connectivity index (χ2n) is 4.65. The third-order valence-electron chi connectivity index (χ3n) is 3.17. The molecule has 3 N–H and O–H groups in total. The molecule has 0 atom stereocenters. The number of hydrogen-bond donors (Lipinski definition) is 3. The maximum atomic E-state index is 13.2. The van der Waals surface area contributed by atoms with E-state index in [4.69, 9.17) is 4.74 Å². The Balaban J connectivity index is 1.75. The Hall–Kier alpha value is -2.76. The lowest BCUT2D eigenvalue weighted by molar-refractivity contribution is -0.118. The van der Waals surface area contributed by atoms with Crippen molar-refractivity contribution < 1.29 is 19.0 Å². The van der Waals surface area contributed by atoms with Crippen LogP contribution in [0.1, 0.15) is 5.56 Å². The Morgan fingerprint density at radius 1 is 1.33 bits per heavy atom. The van der Waals surface area contributed by atoms with Crippen LogP contribution >= 0.6 is 0 Å². The highest BCUT2D eigenvalue weighted by atomic mass is 19.1. The van der Waals surface area contributed by atoms with Gasteiger partial charge in [-0.15, -0.1) is 0 Å². The molecular weight excluding hydrogens is 275 g/mol. The van der Waals surface area contributed by atoms with Gasteiger partial charge in [0.05, 0.1) is 5.69 Å². The molecule has 21 heavy (non-hydrogen) atoms. The number of phenols is 1. The summed E-state index contributed by atoms with van der Waals surface area (Å²) in [6.07, 6.45) is 0. The van der Waals surface area contributed by atoms with Crippen LogP contribution in [0.15, 0.2) is 36.4 Å². The third-order valence-corrected chi connectivity index (χ3v) is 3.17. The van der Waals surface area contributed by atoms with Gasteiger partial charge < -0.3 is 20.5 Å². The topological polar surface area (TPSA) is 70.6 Å². The Morgan fingerprint density at radius 3 is 3.05 bits per heavy atom. The van der Waals surface area contributed by atoms with Gasteiger partial charge in [-0.1, -0.05) is 12.1 Å². The molecule has 0 aromatic heterocycles. The van der Waals surface area contributed by atoms with Crippen molar-refractivity contribution >= 4 is 17.3 Å². The van der Waals surface area contributed by atoms with Gasteiger partial charge in [-0.05, 0) is 24.3 Å². The van der Waals surface area contributed by atoms with Crippen LogP contribution in [0, 0.1) is 5.82 Å². The number of carbonyl (C=O) groups is 1. The van der Waals surface area contributed by atoms with Crippen LogP contribution in [0.4, 0.5) is 15.8 Å². The van der Waals surface area contributed by atoms with Crippen LogP contribution < -0.4 is 15.4 Å². The molecule has 0 radical (unpaired) electrons. The van der Waals surface area contributed by atoms with E-state index in [1.54, 1.807) is 24.3 Å². The molecular formula is C15H13FN2O3. The standard InChI is InChI=1S/C15H13FN2O3/c16-11-3-1-2-9(15(11)20)7-17-10-4-5-13-12(6-10)18-14(19)8-21-13/h1-6,17,20H,7-8H2,(H,18,19). The van der Waals surface area contributed by atoms with E-state index in [2.05, 4.69) is 10.6 Å². The van der Waals surface area contributed by atoms with Crippen molar-refractivity contribution in [3.05, 3.63) is 47.8 Å². The lowest BCUT2D eigenvalue weighted by Gasteiger charge is -2.19. The molecule has 2 aromatic rings. The summed E-state index contributed by atoms with van der Waals surface area (Å²) in [6, 6.07) is 9.62. The molecule has 2 aromatic carbocycles. The number of carbonyl (C=O) groups excluding carboxylic acids is 1. The van der Waals surface area contributed by atoms with Gasteiger partial charge in [-0.25, -0.2) is 4.39 Å². The van der Waals surface area contributed by atoms with Crippen LogP contribution in [0.25, 0.3) is 0 Å². The largest absolute Gasteiger partial charge is 0.505 e.